The summed E-state index contributed by atoms with van der Waals surface area (Å²) >= 11 is 2.84. The van der Waals surface area contributed by atoms with Crippen molar-refractivity contribution in [3.63, 3.8) is 0 Å². The van der Waals surface area contributed by atoms with E-state index in [9.17, 15) is 17.6 Å². The maximum Gasteiger partial charge on any atom is 0.243 e. The Balaban J connectivity index is 1.27. The van der Waals surface area contributed by atoms with Crippen molar-refractivity contribution in [3.8, 4) is 10.7 Å². The van der Waals surface area contributed by atoms with Crippen LogP contribution in [0.1, 0.15) is 12.8 Å². The summed E-state index contributed by atoms with van der Waals surface area (Å²) in [4.78, 5) is 22.0. The van der Waals surface area contributed by atoms with Gasteiger partial charge in [0, 0.05) is 18.5 Å². The number of anilines is 1. The van der Waals surface area contributed by atoms with E-state index in [1.54, 1.807) is 0 Å². The monoisotopic (exact) mass is 502 g/mol. The minimum Gasteiger partial charge on any atom is -0.302 e. The van der Waals surface area contributed by atoms with Crippen molar-refractivity contribution in [2.75, 3.05) is 18.4 Å². The number of rotatable bonds is 5. The molecule has 3 heterocycles. The highest BCUT2D eigenvalue weighted by Crippen LogP contribution is 2.32. The Morgan fingerprint density at radius 3 is 2.70 bits per heavy atom. The number of amides is 1. The smallest absolute Gasteiger partial charge is 0.243 e. The third-order valence-electron chi connectivity index (χ3n) is 5.45. The zero-order valence-corrected chi connectivity index (χ0v) is 19.7. The summed E-state index contributed by atoms with van der Waals surface area (Å²) in [6, 6.07) is 12.6. The second kappa shape index (κ2) is 8.90. The summed E-state index contributed by atoms with van der Waals surface area (Å²) in [6.45, 7) is 0.393. The normalized spacial score (nSPS) is 17.3. The van der Waals surface area contributed by atoms with Gasteiger partial charge in [-0.3, -0.25) is 4.79 Å². The first-order valence-electron chi connectivity index (χ1n) is 10.3. The standard InChI is InChI=1S/C22H19FN4O3S3/c23-15-7-9-16(10-8-15)33(29,30)27-11-3-4-14(12-27)20(28)26-22-25-18(13-31-22)21-24-17-5-1-2-6-19(17)32-21/h1-2,5-10,13-14H,3-4,11-12H2,(H,25,26,28). The van der Waals surface area contributed by atoms with Crippen LogP contribution in [-0.4, -0.2) is 41.7 Å². The summed E-state index contributed by atoms with van der Waals surface area (Å²) in [5, 5.41) is 5.91. The van der Waals surface area contributed by atoms with Crippen molar-refractivity contribution in [3.05, 3.63) is 59.7 Å². The van der Waals surface area contributed by atoms with Gasteiger partial charge >= 0.3 is 0 Å². The Labute approximate surface area is 198 Å². The van der Waals surface area contributed by atoms with E-state index in [4.69, 9.17) is 0 Å². The van der Waals surface area contributed by atoms with Crippen LogP contribution in [0, 0.1) is 11.7 Å². The fourth-order valence-corrected chi connectivity index (χ4v) is 6.97. The summed E-state index contributed by atoms with van der Waals surface area (Å²) in [7, 11) is -3.80. The Kier molecular flexibility index (Phi) is 5.95. The molecule has 11 heteroatoms. The summed E-state index contributed by atoms with van der Waals surface area (Å²) in [5.41, 5.74) is 1.60. The molecule has 1 N–H and O–H groups in total. The summed E-state index contributed by atoms with van der Waals surface area (Å²) < 4.78 is 41.4. The van der Waals surface area contributed by atoms with Crippen molar-refractivity contribution >= 4 is 54.0 Å². The van der Waals surface area contributed by atoms with Gasteiger partial charge in [0.1, 0.15) is 16.5 Å². The Hall–Kier alpha value is -2.73. The summed E-state index contributed by atoms with van der Waals surface area (Å²) in [6.07, 6.45) is 1.14. The second-order valence-electron chi connectivity index (χ2n) is 7.67. The van der Waals surface area contributed by atoms with Gasteiger partial charge in [-0.1, -0.05) is 12.1 Å². The highest BCUT2D eigenvalue weighted by molar-refractivity contribution is 7.89. The number of thiazole rings is 2. The van der Waals surface area contributed by atoms with Gasteiger partial charge in [-0.2, -0.15) is 4.31 Å². The van der Waals surface area contributed by atoms with Gasteiger partial charge in [0.2, 0.25) is 15.9 Å². The molecule has 1 amide bonds. The summed E-state index contributed by atoms with van der Waals surface area (Å²) in [5.74, 6) is -1.26. The number of para-hydroxylation sites is 1. The van der Waals surface area contributed by atoms with Crippen LogP contribution in [0.5, 0.6) is 0 Å². The predicted molar refractivity (Wildman–Crippen MR) is 127 cm³/mol. The van der Waals surface area contributed by atoms with E-state index in [-0.39, 0.29) is 17.3 Å². The fraction of sp³-hybridized carbons (Fsp3) is 0.227. The molecule has 2 aromatic heterocycles. The van der Waals surface area contributed by atoms with Crippen LogP contribution in [0.3, 0.4) is 0 Å². The Morgan fingerprint density at radius 1 is 1.12 bits per heavy atom. The third kappa shape index (κ3) is 4.54. The highest BCUT2D eigenvalue weighted by Gasteiger charge is 2.33. The molecule has 0 radical (unpaired) electrons. The van der Waals surface area contributed by atoms with Crippen molar-refractivity contribution in [2.24, 2.45) is 5.92 Å². The lowest BCUT2D eigenvalue weighted by Crippen LogP contribution is -2.43. The predicted octanol–water partition coefficient (Wildman–Crippen LogP) is 4.60. The Morgan fingerprint density at radius 2 is 1.91 bits per heavy atom. The number of hydrogen-bond acceptors (Lipinski definition) is 7. The van der Waals surface area contributed by atoms with E-state index in [0.717, 1.165) is 27.4 Å². The molecule has 1 fully saturated rings. The molecule has 5 rings (SSSR count). The maximum atomic E-state index is 13.2. The molecule has 7 nitrogen and oxygen atoms in total. The average molecular weight is 503 g/mol. The van der Waals surface area contributed by atoms with E-state index >= 15 is 0 Å². The molecule has 170 valence electrons. The number of sulfonamides is 1. The first-order chi connectivity index (χ1) is 15.9. The van der Waals surface area contributed by atoms with Crippen molar-refractivity contribution in [1.82, 2.24) is 14.3 Å². The molecule has 4 aromatic rings. The quantitative estimate of drug-likeness (QED) is 0.431. The molecular weight excluding hydrogens is 483 g/mol. The molecular formula is C22H19FN4O3S3. The number of benzene rings is 2. The van der Waals surface area contributed by atoms with Crippen LogP contribution in [-0.2, 0) is 14.8 Å². The average Bonchev–Trinajstić information content (AvgIpc) is 3.46. The van der Waals surface area contributed by atoms with Gasteiger partial charge in [-0.05, 0) is 49.2 Å². The van der Waals surface area contributed by atoms with Crippen LogP contribution in [0.15, 0.2) is 58.8 Å². The number of carbonyl (C=O) groups excluding carboxylic acids is 1. The van der Waals surface area contributed by atoms with Crippen LogP contribution in [0.4, 0.5) is 9.52 Å². The molecule has 1 aliphatic heterocycles. The molecule has 0 spiro atoms. The largest absolute Gasteiger partial charge is 0.302 e. The van der Waals surface area contributed by atoms with Crippen molar-refractivity contribution < 1.29 is 17.6 Å². The van der Waals surface area contributed by atoms with Crippen molar-refractivity contribution in [2.45, 2.75) is 17.7 Å². The second-order valence-corrected chi connectivity index (χ2v) is 11.5. The minimum atomic E-state index is -3.80. The first kappa shape index (κ1) is 22.1. The topological polar surface area (TPSA) is 92.3 Å². The van der Waals surface area contributed by atoms with E-state index in [1.165, 1.54) is 39.1 Å². The van der Waals surface area contributed by atoms with E-state index < -0.39 is 21.8 Å². The molecule has 0 aliphatic carbocycles. The molecule has 33 heavy (non-hydrogen) atoms. The van der Waals surface area contributed by atoms with Gasteiger partial charge in [0.25, 0.3) is 0 Å². The van der Waals surface area contributed by atoms with Gasteiger partial charge < -0.3 is 5.32 Å². The number of aromatic nitrogens is 2. The third-order valence-corrected chi connectivity index (χ3v) is 9.15. The minimum absolute atomic E-state index is 0.0189. The number of nitrogens with zero attached hydrogens (tertiary/aromatic N) is 3. The molecule has 1 unspecified atom stereocenters. The SMILES string of the molecule is O=C(Nc1nc(-c2nc3ccccc3s2)cs1)C1CCCN(S(=O)(=O)c2ccc(F)cc2)C1. The lowest BCUT2D eigenvalue weighted by molar-refractivity contribution is -0.120. The number of carbonyl (C=O) groups is 1. The van der Waals surface area contributed by atoms with Crippen LogP contribution >= 0.6 is 22.7 Å². The van der Waals surface area contributed by atoms with Crippen LogP contribution in [0.25, 0.3) is 20.9 Å². The van der Waals surface area contributed by atoms with Gasteiger partial charge in [-0.15, -0.1) is 22.7 Å². The first-order valence-corrected chi connectivity index (χ1v) is 13.4. The number of halogens is 1. The Bertz CT molecular complexity index is 1380. The lowest BCUT2D eigenvalue weighted by Gasteiger charge is -2.31. The number of piperidine rings is 1. The maximum absolute atomic E-state index is 13.2. The van der Waals surface area contributed by atoms with Gasteiger partial charge in [0.05, 0.1) is 21.0 Å². The zero-order chi connectivity index (χ0) is 23.0. The highest BCUT2D eigenvalue weighted by atomic mass is 32.2. The molecule has 1 saturated heterocycles. The van der Waals surface area contributed by atoms with Crippen molar-refractivity contribution in [1.29, 1.82) is 0 Å². The van der Waals surface area contributed by atoms with Gasteiger partial charge in [-0.25, -0.2) is 22.8 Å². The lowest BCUT2D eigenvalue weighted by atomic mass is 9.99. The number of fused-ring (bicyclic) bond motifs is 1. The molecule has 2 aromatic carbocycles. The van der Waals surface area contributed by atoms with E-state index in [2.05, 4.69) is 15.3 Å². The molecule has 0 bridgehead atoms. The van der Waals surface area contributed by atoms with Gasteiger partial charge in [0.15, 0.2) is 5.13 Å². The molecule has 0 saturated carbocycles. The zero-order valence-electron chi connectivity index (χ0n) is 17.3. The number of hydrogen-bond donors (Lipinski definition) is 1. The fourth-order valence-electron chi connectivity index (χ4n) is 3.75. The molecule has 1 atom stereocenters. The van der Waals surface area contributed by atoms with Crippen LogP contribution in [0.2, 0.25) is 0 Å². The molecule has 1 aliphatic rings. The van der Waals surface area contributed by atoms with E-state index in [1.807, 2.05) is 29.6 Å². The number of nitrogens with one attached hydrogen (secondary N) is 1. The van der Waals surface area contributed by atoms with Crippen LogP contribution < -0.4 is 5.32 Å². The van der Waals surface area contributed by atoms with E-state index in [0.29, 0.717) is 30.2 Å².